The molecule has 0 spiro atoms. The number of hydrogen-bond donors (Lipinski definition) is 2. The van der Waals surface area contributed by atoms with Crippen LogP contribution in [0.15, 0.2) is 18.2 Å². The topological polar surface area (TPSA) is 56.5 Å². The Bertz CT molecular complexity index is 296. The van der Waals surface area contributed by atoms with Crippen LogP contribution in [0.2, 0.25) is 0 Å². The molecule has 16 heavy (non-hydrogen) atoms. The first-order valence-electron chi connectivity index (χ1n) is 5.40. The van der Waals surface area contributed by atoms with Crippen molar-refractivity contribution in [3.63, 3.8) is 0 Å². The molecule has 1 aromatic rings. The van der Waals surface area contributed by atoms with Crippen molar-refractivity contribution in [2.75, 3.05) is 44.5 Å². The fraction of sp³-hybridized carbons (Fsp3) is 0.500. The molecular weight excluding hydrogens is 204 g/mol. The monoisotopic (exact) mass is 224 g/mol. The van der Waals surface area contributed by atoms with Gasteiger partial charge < -0.3 is 20.5 Å². The Balaban J connectivity index is 2.21. The van der Waals surface area contributed by atoms with Crippen molar-refractivity contribution in [3.8, 4) is 0 Å². The fourth-order valence-electron chi connectivity index (χ4n) is 1.43. The zero-order valence-electron chi connectivity index (χ0n) is 9.95. The van der Waals surface area contributed by atoms with Gasteiger partial charge in [0.2, 0.25) is 0 Å². The second-order valence-electron chi connectivity index (χ2n) is 3.66. The van der Waals surface area contributed by atoms with E-state index in [1.165, 1.54) is 0 Å². The average Bonchev–Trinajstić information content (AvgIpc) is 2.22. The van der Waals surface area contributed by atoms with E-state index in [0.717, 1.165) is 23.5 Å². The number of nitrogens with one attached hydrogen (secondary N) is 1. The first kappa shape index (κ1) is 12.8. The van der Waals surface area contributed by atoms with Gasteiger partial charge in [0.25, 0.3) is 0 Å². The predicted molar refractivity (Wildman–Crippen MR) is 66.8 cm³/mol. The lowest BCUT2D eigenvalue weighted by Crippen LogP contribution is -2.12. The zero-order valence-corrected chi connectivity index (χ0v) is 9.95. The van der Waals surface area contributed by atoms with Gasteiger partial charge in [-0.3, -0.25) is 0 Å². The van der Waals surface area contributed by atoms with Crippen molar-refractivity contribution in [1.29, 1.82) is 0 Å². The fourth-order valence-corrected chi connectivity index (χ4v) is 1.43. The maximum atomic E-state index is 5.74. The second-order valence-corrected chi connectivity index (χ2v) is 3.66. The summed E-state index contributed by atoms with van der Waals surface area (Å²) in [7, 11) is 1.66. The highest BCUT2D eigenvalue weighted by atomic mass is 16.5. The largest absolute Gasteiger partial charge is 0.399 e. The Hall–Kier alpha value is -1.26. The molecule has 0 aromatic heterocycles. The average molecular weight is 224 g/mol. The molecule has 0 unspecified atom stereocenters. The van der Waals surface area contributed by atoms with E-state index in [1.54, 1.807) is 7.11 Å². The third-order valence-corrected chi connectivity index (χ3v) is 2.11. The summed E-state index contributed by atoms with van der Waals surface area (Å²) in [4.78, 5) is 0. The first-order chi connectivity index (χ1) is 7.72. The van der Waals surface area contributed by atoms with Gasteiger partial charge in [-0.15, -0.1) is 0 Å². The normalized spacial score (nSPS) is 10.4. The van der Waals surface area contributed by atoms with Gasteiger partial charge in [0.1, 0.15) is 0 Å². The van der Waals surface area contributed by atoms with Crippen LogP contribution in [0.4, 0.5) is 11.4 Å². The van der Waals surface area contributed by atoms with E-state index in [4.69, 9.17) is 15.2 Å². The summed E-state index contributed by atoms with van der Waals surface area (Å²) in [5.74, 6) is 0. The smallest absolute Gasteiger partial charge is 0.0701 e. The quantitative estimate of drug-likeness (QED) is 0.546. The lowest BCUT2D eigenvalue weighted by Gasteiger charge is -2.08. The maximum Gasteiger partial charge on any atom is 0.0701 e. The lowest BCUT2D eigenvalue weighted by atomic mass is 10.2. The molecule has 0 aliphatic rings. The molecule has 0 aliphatic heterocycles. The number of benzene rings is 1. The zero-order chi connectivity index (χ0) is 11.8. The number of anilines is 2. The molecule has 0 aliphatic carbocycles. The van der Waals surface area contributed by atoms with Gasteiger partial charge in [0.15, 0.2) is 0 Å². The molecule has 0 amide bonds. The van der Waals surface area contributed by atoms with Crippen LogP contribution in [-0.2, 0) is 9.47 Å². The number of ether oxygens (including phenoxy) is 2. The Labute approximate surface area is 96.7 Å². The standard InChI is InChI=1S/C12H20N2O2/c1-10-7-11(13)9-12(8-10)14-3-4-16-6-5-15-2/h7-9,14H,3-6,13H2,1-2H3. The SMILES string of the molecule is COCCOCCNc1cc(C)cc(N)c1. The van der Waals surface area contributed by atoms with Crippen LogP contribution in [0, 0.1) is 6.92 Å². The molecule has 1 rings (SSSR count). The molecular formula is C12H20N2O2. The molecule has 0 atom stereocenters. The van der Waals surface area contributed by atoms with Gasteiger partial charge in [-0.25, -0.2) is 0 Å². The second kappa shape index (κ2) is 7.09. The number of nitrogen functional groups attached to an aromatic ring is 1. The minimum absolute atomic E-state index is 0.633. The minimum Gasteiger partial charge on any atom is -0.399 e. The van der Waals surface area contributed by atoms with Crippen LogP contribution in [0.3, 0.4) is 0 Å². The first-order valence-corrected chi connectivity index (χ1v) is 5.40. The van der Waals surface area contributed by atoms with Crippen molar-refractivity contribution in [2.45, 2.75) is 6.92 Å². The number of rotatable bonds is 7. The van der Waals surface area contributed by atoms with Gasteiger partial charge in [0.05, 0.1) is 19.8 Å². The van der Waals surface area contributed by atoms with E-state index in [1.807, 2.05) is 19.1 Å². The van der Waals surface area contributed by atoms with Crippen molar-refractivity contribution in [1.82, 2.24) is 0 Å². The van der Waals surface area contributed by atoms with Crippen LogP contribution in [0.25, 0.3) is 0 Å². The molecule has 0 bridgehead atoms. The Morgan fingerprint density at radius 1 is 1.19 bits per heavy atom. The molecule has 3 N–H and O–H groups in total. The Kier molecular flexibility index (Phi) is 5.67. The third-order valence-electron chi connectivity index (χ3n) is 2.11. The summed E-state index contributed by atoms with van der Waals surface area (Å²) in [6.07, 6.45) is 0. The Morgan fingerprint density at radius 2 is 2.00 bits per heavy atom. The van der Waals surface area contributed by atoms with E-state index in [0.29, 0.717) is 19.8 Å². The molecule has 90 valence electrons. The van der Waals surface area contributed by atoms with Gasteiger partial charge in [-0.1, -0.05) is 0 Å². The van der Waals surface area contributed by atoms with Gasteiger partial charge in [-0.2, -0.15) is 0 Å². The highest BCUT2D eigenvalue weighted by Crippen LogP contribution is 2.15. The molecule has 0 heterocycles. The number of hydrogen-bond acceptors (Lipinski definition) is 4. The van der Waals surface area contributed by atoms with Gasteiger partial charge >= 0.3 is 0 Å². The number of nitrogens with two attached hydrogens (primary N) is 1. The van der Waals surface area contributed by atoms with Crippen LogP contribution in [-0.4, -0.2) is 33.5 Å². The van der Waals surface area contributed by atoms with Crippen LogP contribution in [0.1, 0.15) is 5.56 Å². The van der Waals surface area contributed by atoms with Gasteiger partial charge in [0, 0.05) is 25.0 Å². The minimum atomic E-state index is 0.633. The maximum absolute atomic E-state index is 5.74. The summed E-state index contributed by atoms with van der Waals surface area (Å²) >= 11 is 0. The summed E-state index contributed by atoms with van der Waals surface area (Å²) in [6.45, 7) is 4.73. The van der Waals surface area contributed by atoms with Crippen molar-refractivity contribution < 1.29 is 9.47 Å². The van der Waals surface area contributed by atoms with E-state index in [2.05, 4.69) is 11.4 Å². The van der Waals surface area contributed by atoms with Crippen molar-refractivity contribution >= 4 is 11.4 Å². The summed E-state index contributed by atoms with van der Waals surface area (Å²) in [6, 6.07) is 5.92. The summed E-state index contributed by atoms with van der Waals surface area (Å²) < 4.78 is 10.2. The molecule has 0 fully saturated rings. The lowest BCUT2D eigenvalue weighted by molar-refractivity contribution is 0.0759. The van der Waals surface area contributed by atoms with E-state index >= 15 is 0 Å². The van der Waals surface area contributed by atoms with E-state index < -0.39 is 0 Å². The number of aryl methyl sites for hydroxylation is 1. The highest BCUT2D eigenvalue weighted by molar-refractivity contribution is 5.56. The van der Waals surface area contributed by atoms with Crippen molar-refractivity contribution in [3.05, 3.63) is 23.8 Å². The molecule has 4 nitrogen and oxygen atoms in total. The van der Waals surface area contributed by atoms with Crippen LogP contribution >= 0.6 is 0 Å². The van der Waals surface area contributed by atoms with E-state index in [9.17, 15) is 0 Å². The molecule has 0 saturated heterocycles. The third kappa shape index (κ3) is 5.00. The summed E-state index contributed by atoms with van der Waals surface area (Å²) in [5, 5.41) is 3.26. The van der Waals surface area contributed by atoms with Crippen LogP contribution in [0.5, 0.6) is 0 Å². The van der Waals surface area contributed by atoms with Crippen LogP contribution < -0.4 is 11.1 Å². The summed E-state index contributed by atoms with van der Waals surface area (Å²) in [5.41, 5.74) is 8.71. The van der Waals surface area contributed by atoms with Gasteiger partial charge in [-0.05, 0) is 30.7 Å². The molecule has 0 radical (unpaired) electrons. The van der Waals surface area contributed by atoms with E-state index in [-0.39, 0.29) is 0 Å². The highest BCUT2D eigenvalue weighted by Gasteiger charge is 1.95. The number of methoxy groups -OCH3 is 1. The van der Waals surface area contributed by atoms with Crippen molar-refractivity contribution in [2.24, 2.45) is 0 Å². The Morgan fingerprint density at radius 3 is 2.69 bits per heavy atom. The predicted octanol–water partition coefficient (Wildman–Crippen LogP) is 1.65. The molecule has 1 aromatic carbocycles. The molecule has 0 saturated carbocycles. The molecule has 4 heteroatoms.